The molecule has 0 heterocycles. The fraction of sp³-hybridized carbons (Fsp3) is 0.886. The molecule has 0 aliphatic heterocycles. The highest BCUT2D eigenvalue weighted by molar-refractivity contribution is 5.69. The van der Waals surface area contributed by atoms with Crippen molar-refractivity contribution in [2.24, 2.45) is 39.4 Å². The normalized spacial score (nSPS) is 34.0. The molecule has 0 aromatic rings. The molecule has 2 fully saturated rings. The molecule has 0 radical (unpaired) electrons. The van der Waals surface area contributed by atoms with Crippen LogP contribution in [0.2, 0.25) is 0 Å². The number of esters is 1. The van der Waals surface area contributed by atoms with E-state index < -0.39 is 0 Å². The summed E-state index contributed by atoms with van der Waals surface area (Å²) < 4.78 is 6.36. The Kier molecular flexibility index (Phi) is 13.2. The number of carbonyl (C=O) groups excluding carboxylic acids is 1. The summed E-state index contributed by atoms with van der Waals surface area (Å²) in [6.45, 7) is 22.2. The SMILES string of the molecule is CCCCCCCCCCCCCC(=O)O[C@H]1CC[C@]2(C)C3=C(CC[C@H]2C1(C)C)[C@]1(C)CC[C@H]([C@H](C)CCC=C(C)C)[C@@]1(C)CC3. The zero-order valence-corrected chi connectivity index (χ0v) is 32.3. The van der Waals surface area contributed by atoms with Gasteiger partial charge in [-0.1, -0.05) is 135 Å². The fourth-order valence-electron chi connectivity index (χ4n) is 11.8. The first-order valence-corrected chi connectivity index (χ1v) is 20.4. The van der Waals surface area contributed by atoms with E-state index in [2.05, 4.69) is 68.4 Å². The average molecular weight is 637 g/mol. The molecule has 0 aromatic heterocycles. The Morgan fingerprint density at radius 2 is 1.43 bits per heavy atom. The van der Waals surface area contributed by atoms with Crippen LogP contribution in [0.4, 0.5) is 0 Å². The molecule has 2 heteroatoms. The maximum Gasteiger partial charge on any atom is 0.306 e. The van der Waals surface area contributed by atoms with Gasteiger partial charge in [0.05, 0.1) is 0 Å². The molecule has 0 aromatic carbocycles. The van der Waals surface area contributed by atoms with Gasteiger partial charge in [0.1, 0.15) is 6.10 Å². The molecule has 0 amide bonds. The average Bonchev–Trinajstić information content (AvgIpc) is 3.28. The first-order chi connectivity index (χ1) is 21.8. The number of rotatable bonds is 17. The van der Waals surface area contributed by atoms with E-state index in [1.54, 1.807) is 0 Å². The number of fused-ring (bicyclic) bond motifs is 4. The van der Waals surface area contributed by atoms with E-state index in [0.717, 1.165) is 24.7 Å². The Morgan fingerprint density at radius 3 is 2.07 bits per heavy atom. The van der Waals surface area contributed by atoms with Crippen LogP contribution in [0.5, 0.6) is 0 Å². The summed E-state index contributed by atoms with van der Waals surface area (Å²) in [6, 6.07) is 0. The van der Waals surface area contributed by atoms with Gasteiger partial charge in [-0.15, -0.1) is 0 Å². The zero-order chi connectivity index (χ0) is 33.6. The van der Waals surface area contributed by atoms with Crippen molar-refractivity contribution in [3.8, 4) is 0 Å². The molecule has 0 N–H and O–H groups in total. The summed E-state index contributed by atoms with van der Waals surface area (Å²) in [5.74, 6) is 2.30. The van der Waals surface area contributed by atoms with Crippen LogP contribution in [-0.4, -0.2) is 12.1 Å². The third-order valence-corrected chi connectivity index (χ3v) is 14.9. The van der Waals surface area contributed by atoms with E-state index in [-0.39, 0.29) is 22.9 Å². The molecule has 0 bridgehead atoms. The van der Waals surface area contributed by atoms with Gasteiger partial charge in [-0.05, 0) is 118 Å². The predicted molar refractivity (Wildman–Crippen MR) is 198 cm³/mol. The lowest BCUT2D eigenvalue weighted by atomic mass is 9.43. The van der Waals surface area contributed by atoms with Crippen molar-refractivity contribution in [2.75, 3.05) is 0 Å². The van der Waals surface area contributed by atoms with Gasteiger partial charge in [-0.2, -0.15) is 0 Å². The van der Waals surface area contributed by atoms with Crippen LogP contribution in [0.15, 0.2) is 22.8 Å². The lowest BCUT2D eigenvalue weighted by molar-refractivity contribution is -0.170. The van der Waals surface area contributed by atoms with Gasteiger partial charge < -0.3 is 4.74 Å². The lowest BCUT2D eigenvalue weighted by Gasteiger charge is -2.62. The summed E-state index contributed by atoms with van der Waals surface area (Å²) in [7, 11) is 0. The molecular weight excluding hydrogens is 560 g/mol. The van der Waals surface area contributed by atoms with Crippen LogP contribution in [0.25, 0.3) is 0 Å². The van der Waals surface area contributed by atoms with Crippen molar-refractivity contribution in [3.05, 3.63) is 22.8 Å². The van der Waals surface area contributed by atoms with Crippen LogP contribution < -0.4 is 0 Å². The number of hydrogen-bond acceptors (Lipinski definition) is 2. The Bertz CT molecular complexity index is 1060. The van der Waals surface area contributed by atoms with Crippen LogP contribution in [-0.2, 0) is 9.53 Å². The first-order valence-electron chi connectivity index (χ1n) is 20.4. The fourth-order valence-corrected chi connectivity index (χ4v) is 11.8. The highest BCUT2D eigenvalue weighted by Gasteiger charge is 2.63. The minimum atomic E-state index is 0.0254. The number of unbranched alkanes of at least 4 members (excludes halogenated alkanes) is 10. The van der Waals surface area contributed by atoms with E-state index in [1.165, 1.54) is 128 Å². The third-order valence-electron chi connectivity index (χ3n) is 14.9. The van der Waals surface area contributed by atoms with Crippen molar-refractivity contribution >= 4 is 5.97 Å². The summed E-state index contributed by atoms with van der Waals surface area (Å²) in [5, 5.41) is 0. The van der Waals surface area contributed by atoms with Crippen LogP contribution in [0.1, 0.15) is 204 Å². The Balaban J connectivity index is 1.31. The van der Waals surface area contributed by atoms with Crippen molar-refractivity contribution in [1.29, 1.82) is 0 Å². The Hall–Kier alpha value is -1.05. The monoisotopic (exact) mass is 637 g/mol. The van der Waals surface area contributed by atoms with Crippen LogP contribution >= 0.6 is 0 Å². The van der Waals surface area contributed by atoms with Gasteiger partial charge in [-0.25, -0.2) is 0 Å². The number of carbonyl (C=O) groups is 1. The van der Waals surface area contributed by atoms with E-state index >= 15 is 0 Å². The third kappa shape index (κ3) is 7.88. The quantitative estimate of drug-likeness (QED) is 0.0902. The van der Waals surface area contributed by atoms with Crippen molar-refractivity contribution in [1.82, 2.24) is 0 Å². The van der Waals surface area contributed by atoms with E-state index in [9.17, 15) is 4.79 Å². The maximum atomic E-state index is 13.1. The molecule has 4 rings (SSSR count). The minimum Gasteiger partial charge on any atom is -0.462 e. The molecule has 7 atom stereocenters. The van der Waals surface area contributed by atoms with Gasteiger partial charge >= 0.3 is 5.97 Å². The molecule has 46 heavy (non-hydrogen) atoms. The molecule has 264 valence electrons. The number of hydrogen-bond donors (Lipinski definition) is 0. The number of ether oxygens (including phenoxy) is 1. The van der Waals surface area contributed by atoms with Gasteiger partial charge in [0.25, 0.3) is 0 Å². The van der Waals surface area contributed by atoms with Gasteiger partial charge in [0.2, 0.25) is 0 Å². The van der Waals surface area contributed by atoms with Crippen molar-refractivity contribution < 1.29 is 9.53 Å². The second-order valence-electron chi connectivity index (χ2n) is 18.3. The highest BCUT2D eigenvalue weighted by Crippen LogP contribution is 2.72. The molecule has 0 spiro atoms. The summed E-state index contributed by atoms with van der Waals surface area (Å²) in [6.07, 6.45) is 30.3. The predicted octanol–water partition coefficient (Wildman–Crippen LogP) is 13.7. The van der Waals surface area contributed by atoms with E-state index in [1.807, 2.05) is 11.1 Å². The van der Waals surface area contributed by atoms with Crippen LogP contribution in [0, 0.1) is 39.4 Å². The molecule has 0 unspecified atom stereocenters. The molecular formula is C44H76O2. The largest absolute Gasteiger partial charge is 0.462 e. The van der Waals surface area contributed by atoms with Crippen molar-refractivity contribution in [3.63, 3.8) is 0 Å². The molecule has 4 aliphatic rings. The van der Waals surface area contributed by atoms with E-state index in [4.69, 9.17) is 4.74 Å². The summed E-state index contributed by atoms with van der Waals surface area (Å²) in [4.78, 5) is 13.1. The molecule has 2 saturated carbocycles. The molecule has 2 nitrogen and oxygen atoms in total. The summed E-state index contributed by atoms with van der Waals surface area (Å²) >= 11 is 0. The Morgan fingerprint density at radius 1 is 0.804 bits per heavy atom. The summed E-state index contributed by atoms with van der Waals surface area (Å²) in [5.41, 5.74) is 6.25. The van der Waals surface area contributed by atoms with Crippen LogP contribution in [0.3, 0.4) is 0 Å². The highest BCUT2D eigenvalue weighted by atomic mass is 16.5. The lowest BCUT2D eigenvalue weighted by Crippen LogP contribution is -2.55. The maximum absolute atomic E-state index is 13.1. The zero-order valence-electron chi connectivity index (χ0n) is 32.3. The van der Waals surface area contributed by atoms with Crippen molar-refractivity contribution in [2.45, 2.75) is 210 Å². The van der Waals surface area contributed by atoms with Gasteiger partial charge in [0, 0.05) is 11.8 Å². The Labute approximate surface area is 286 Å². The molecule has 4 aliphatic carbocycles. The second kappa shape index (κ2) is 16.1. The standard InChI is InChI=1S/C44H76O2/c1-10-11-12-13-14-15-16-17-18-19-20-24-40(45)46-39-29-30-42(7)36-28-32-43(8)35(34(4)23-21-22-33(2)3)27-31-44(43,9)37(36)25-26-38(42)41(39,5)6/h22,34-35,38-39H,10-21,23-32H2,1-9H3/t34-,35-,38+,39+,42-,43-,44+/m1/s1. The first kappa shape index (κ1) is 37.8. The molecule has 0 saturated heterocycles. The minimum absolute atomic E-state index is 0.0254. The number of allylic oxidation sites excluding steroid dienone is 4. The topological polar surface area (TPSA) is 26.3 Å². The van der Waals surface area contributed by atoms with Gasteiger partial charge in [0.15, 0.2) is 0 Å². The smallest absolute Gasteiger partial charge is 0.306 e. The van der Waals surface area contributed by atoms with Gasteiger partial charge in [-0.3, -0.25) is 4.79 Å². The second-order valence-corrected chi connectivity index (χ2v) is 18.3. The van der Waals surface area contributed by atoms with E-state index in [0.29, 0.717) is 23.2 Å².